The Bertz CT molecular complexity index is 426. The molecule has 0 amide bonds. The van der Waals surface area contributed by atoms with Gasteiger partial charge in [0, 0.05) is 18.6 Å². The molecule has 98 valence electrons. The van der Waals surface area contributed by atoms with Crippen molar-refractivity contribution < 1.29 is 9.53 Å². The van der Waals surface area contributed by atoms with Crippen molar-refractivity contribution in [2.24, 2.45) is 0 Å². The Balaban J connectivity index is 1.99. The highest BCUT2D eigenvalue weighted by atomic mass is 16.5. The van der Waals surface area contributed by atoms with Crippen LogP contribution in [0, 0.1) is 0 Å². The molecular weight excluding hydrogens is 228 g/mol. The van der Waals surface area contributed by atoms with Crippen LogP contribution in [0.15, 0.2) is 24.3 Å². The quantitative estimate of drug-likeness (QED) is 0.789. The summed E-state index contributed by atoms with van der Waals surface area (Å²) in [6, 6.07) is 7.56. The largest absolute Gasteiger partial charge is 0.465 e. The molecule has 1 aromatic rings. The summed E-state index contributed by atoms with van der Waals surface area (Å²) in [7, 11) is 1.40. The number of carbonyl (C=O) groups excluding carboxylic acids is 1. The Morgan fingerprint density at radius 1 is 1.56 bits per heavy atom. The molecule has 2 rings (SSSR count). The number of hydrogen-bond acceptors (Lipinski definition) is 4. The highest BCUT2D eigenvalue weighted by molar-refractivity contribution is 5.89. The standard InChI is InChI=1S/C14H20N2O2/c1-14(6-7-15-10-14)16-9-11-4-3-5-12(8-11)13(17)18-2/h3-5,8,15-16H,6-7,9-10H2,1-2H3. The first-order valence-electron chi connectivity index (χ1n) is 6.26. The Labute approximate surface area is 108 Å². The summed E-state index contributed by atoms with van der Waals surface area (Å²) in [6.45, 7) is 5.04. The van der Waals surface area contributed by atoms with Crippen molar-refractivity contribution in [2.75, 3.05) is 20.2 Å². The van der Waals surface area contributed by atoms with Gasteiger partial charge in [0.05, 0.1) is 12.7 Å². The fourth-order valence-electron chi connectivity index (χ4n) is 2.21. The molecule has 0 radical (unpaired) electrons. The molecule has 0 spiro atoms. The summed E-state index contributed by atoms with van der Waals surface area (Å²) in [4.78, 5) is 11.4. The average molecular weight is 248 g/mol. The van der Waals surface area contributed by atoms with Crippen LogP contribution < -0.4 is 10.6 Å². The molecular formula is C14H20N2O2. The molecule has 0 aliphatic carbocycles. The number of benzene rings is 1. The Morgan fingerprint density at radius 3 is 3.06 bits per heavy atom. The van der Waals surface area contributed by atoms with E-state index in [1.165, 1.54) is 7.11 Å². The lowest BCUT2D eigenvalue weighted by molar-refractivity contribution is 0.0600. The smallest absolute Gasteiger partial charge is 0.337 e. The summed E-state index contributed by atoms with van der Waals surface area (Å²) < 4.78 is 4.72. The van der Waals surface area contributed by atoms with Crippen LogP contribution in [-0.2, 0) is 11.3 Å². The third-order valence-corrected chi connectivity index (χ3v) is 3.44. The fourth-order valence-corrected chi connectivity index (χ4v) is 2.21. The van der Waals surface area contributed by atoms with Crippen molar-refractivity contribution in [3.63, 3.8) is 0 Å². The first-order chi connectivity index (χ1) is 8.63. The molecule has 18 heavy (non-hydrogen) atoms. The van der Waals surface area contributed by atoms with Gasteiger partial charge in [0.15, 0.2) is 0 Å². The van der Waals surface area contributed by atoms with Crippen LogP contribution in [0.3, 0.4) is 0 Å². The molecule has 1 aliphatic heterocycles. The maximum absolute atomic E-state index is 11.4. The lowest BCUT2D eigenvalue weighted by atomic mass is 10.0. The van der Waals surface area contributed by atoms with Crippen LogP contribution in [0.2, 0.25) is 0 Å². The van der Waals surface area contributed by atoms with Crippen molar-refractivity contribution in [3.8, 4) is 0 Å². The number of carbonyl (C=O) groups is 1. The Morgan fingerprint density at radius 2 is 2.39 bits per heavy atom. The van der Waals surface area contributed by atoms with E-state index in [2.05, 4.69) is 17.6 Å². The van der Waals surface area contributed by atoms with Gasteiger partial charge in [-0.3, -0.25) is 0 Å². The number of nitrogens with one attached hydrogen (secondary N) is 2. The lowest BCUT2D eigenvalue weighted by Crippen LogP contribution is -2.43. The van der Waals surface area contributed by atoms with Crippen molar-refractivity contribution in [1.29, 1.82) is 0 Å². The average Bonchev–Trinajstić information content (AvgIpc) is 2.83. The molecule has 1 aromatic carbocycles. The monoisotopic (exact) mass is 248 g/mol. The van der Waals surface area contributed by atoms with Crippen LogP contribution in [-0.4, -0.2) is 31.7 Å². The van der Waals surface area contributed by atoms with Gasteiger partial charge in [-0.15, -0.1) is 0 Å². The molecule has 4 nitrogen and oxygen atoms in total. The van der Waals surface area contributed by atoms with Gasteiger partial charge in [-0.05, 0) is 37.6 Å². The third-order valence-electron chi connectivity index (χ3n) is 3.44. The van der Waals surface area contributed by atoms with Crippen molar-refractivity contribution in [2.45, 2.75) is 25.4 Å². The predicted octanol–water partition coefficient (Wildman–Crippen LogP) is 1.31. The molecule has 1 saturated heterocycles. The Kier molecular flexibility index (Phi) is 3.99. The van der Waals surface area contributed by atoms with Gasteiger partial charge in [-0.2, -0.15) is 0 Å². The van der Waals surface area contributed by atoms with E-state index in [-0.39, 0.29) is 11.5 Å². The predicted molar refractivity (Wildman–Crippen MR) is 70.5 cm³/mol. The third kappa shape index (κ3) is 3.09. The van der Waals surface area contributed by atoms with E-state index in [1.54, 1.807) is 6.07 Å². The lowest BCUT2D eigenvalue weighted by Gasteiger charge is -2.24. The Hall–Kier alpha value is -1.39. The SMILES string of the molecule is COC(=O)c1cccc(CNC2(C)CCNC2)c1. The number of ether oxygens (including phenoxy) is 1. The fraction of sp³-hybridized carbons (Fsp3) is 0.500. The summed E-state index contributed by atoms with van der Waals surface area (Å²) in [6.07, 6.45) is 1.13. The van der Waals surface area contributed by atoms with E-state index in [9.17, 15) is 4.79 Å². The summed E-state index contributed by atoms with van der Waals surface area (Å²) in [5.41, 5.74) is 1.86. The van der Waals surface area contributed by atoms with E-state index >= 15 is 0 Å². The minimum atomic E-state index is -0.286. The van der Waals surface area contributed by atoms with Gasteiger partial charge in [-0.25, -0.2) is 4.79 Å². The van der Waals surface area contributed by atoms with Crippen molar-refractivity contribution in [3.05, 3.63) is 35.4 Å². The van der Waals surface area contributed by atoms with Crippen LogP contribution in [0.1, 0.15) is 29.3 Å². The van der Waals surface area contributed by atoms with E-state index in [0.717, 1.165) is 31.6 Å². The second-order valence-electron chi connectivity index (χ2n) is 5.03. The molecule has 1 heterocycles. The van der Waals surface area contributed by atoms with Gasteiger partial charge in [0.1, 0.15) is 0 Å². The molecule has 2 N–H and O–H groups in total. The normalized spacial score (nSPS) is 23.0. The van der Waals surface area contributed by atoms with E-state index in [4.69, 9.17) is 4.74 Å². The zero-order chi connectivity index (χ0) is 13.0. The number of methoxy groups -OCH3 is 1. The maximum atomic E-state index is 11.4. The molecule has 1 aliphatic rings. The highest BCUT2D eigenvalue weighted by Gasteiger charge is 2.27. The van der Waals surface area contributed by atoms with E-state index < -0.39 is 0 Å². The summed E-state index contributed by atoms with van der Waals surface area (Å²) >= 11 is 0. The first kappa shape index (κ1) is 13.1. The molecule has 1 unspecified atom stereocenters. The number of rotatable bonds is 4. The van der Waals surface area contributed by atoms with Crippen LogP contribution in [0.5, 0.6) is 0 Å². The maximum Gasteiger partial charge on any atom is 0.337 e. The molecule has 4 heteroatoms. The zero-order valence-electron chi connectivity index (χ0n) is 11.0. The number of esters is 1. The second kappa shape index (κ2) is 5.50. The molecule has 1 fully saturated rings. The summed E-state index contributed by atoms with van der Waals surface area (Å²) in [5.74, 6) is -0.286. The topological polar surface area (TPSA) is 50.4 Å². The van der Waals surface area contributed by atoms with Gasteiger partial charge in [-0.1, -0.05) is 12.1 Å². The van der Waals surface area contributed by atoms with E-state index in [0.29, 0.717) is 5.56 Å². The molecule has 0 bridgehead atoms. The molecule has 0 saturated carbocycles. The first-order valence-corrected chi connectivity index (χ1v) is 6.26. The zero-order valence-corrected chi connectivity index (χ0v) is 11.0. The molecule has 1 atom stereocenters. The van der Waals surface area contributed by atoms with E-state index in [1.807, 2.05) is 18.2 Å². The van der Waals surface area contributed by atoms with Gasteiger partial charge in [0.2, 0.25) is 0 Å². The van der Waals surface area contributed by atoms with Crippen molar-refractivity contribution in [1.82, 2.24) is 10.6 Å². The summed E-state index contributed by atoms with van der Waals surface area (Å²) in [5, 5.41) is 6.90. The van der Waals surface area contributed by atoms with Crippen LogP contribution in [0.4, 0.5) is 0 Å². The van der Waals surface area contributed by atoms with Crippen LogP contribution >= 0.6 is 0 Å². The van der Waals surface area contributed by atoms with Gasteiger partial charge < -0.3 is 15.4 Å². The molecule has 0 aromatic heterocycles. The minimum absolute atomic E-state index is 0.154. The highest BCUT2D eigenvalue weighted by Crippen LogP contribution is 2.15. The number of hydrogen-bond donors (Lipinski definition) is 2. The van der Waals surface area contributed by atoms with Crippen molar-refractivity contribution >= 4 is 5.97 Å². The van der Waals surface area contributed by atoms with Crippen LogP contribution in [0.25, 0.3) is 0 Å². The van der Waals surface area contributed by atoms with Gasteiger partial charge in [0.25, 0.3) is 0 Å². The van der Waals surface area contributed by atoms with Gasteiger partial charge >= 0.3 is 5.97 Å². The minimum Gasteiger partial charge on any atom is -0.465 e. The second-order valence-corrected chi connectivity index (χ2v) is 5.03.